The molecule has 2 aliphatic rings. The Balaban J connectivity index is 1.43. The summed E-state index contributed by atoms with van der Waals surface area (Å²) in [6, 6.07) is 7.90. The van der Waals surface area contributed by atoms with Crippen molar-refractivity contribution in [3.8, 4) is 5.95 Å². The number of hydrogen-bond donors (Lipinski definition) is 0. The van der Waals surface area contributed by atoms with Gasteiger partial charge in [0.2, 0.25) is 11.8 Å². The Hall–Kier alpha value is -4.26. The molecule has 6 rings (SSSR count). The molecule has 2 saturated heterocycles. The Morgan fingerprint density at radius 3 is 2.33 bits per heavy atom. The van der Waals surface area contributed by atoms with Crippen molar-refractivity contribution < 1.29 is 14.3 Å². The standard InChI is InChI=1S/C27H34N10O3/c1-5-20-28-18-8-6-7-9-19(18)37(20)26-30-22-21(23(31-26)34-14-16-40-17-15-34)29-24(33(22)4)25(38)35-10-12-36(13-11-35)27(39)32(2)3/h6-9H,5,10-17H2,1-4H3. The van der Waals surface area contributed by atoms with Crippen LogP contribution >= 0.6 is 0 Å². The SMILES string of the molecule is CCc1nc2ccccc2n1-c1nc(N2CCOCC2)c2nc(C(=O)N3CCN(C(=O)N(C)C)CC3)n(C)c2n1. The number of ether oxygens (including phenoxy) is 1. The Morgan fingerprint density at radius 2 is 1.62 bits per heavy atom. The fraction of sp³-hybridized carbons (Fsp3) is 0.481. The average Bonchev–Trinajstić information content (AvgIpc) is 3.54. The number of carbonyl (C=O) groups is 2. The van der Waals surface area contributed by atoms with Crippen LogP contribution in [-0.4, -0.2) is 122 Å². The van der Waals surface area contributed by atoms with Crippen LogP contribution in [0.4, 0.5) is 10.6 Å². The molecule has 0 N–H and O–H groups in total. The van der Waals surface area contributed by atoms with E-state index in [1.165, 1.54) is 0 Å². The number of hydrogen-bond acceptors (Lipinski definition) is 8. The lowest BCUT2D eigenvalue weighted by Gasteiger charge is -2.35. The number of carbonyl (C=O) groups excluding carboxylic acids is 2. The third-order valence-corrected chi connectivity index (χ3v) is 7.56. The average molecular weight is 547 g/mol. The number of nitrogens with zero attached hydrogens (tertiary/aromatic N) is 10. The van der Waals surface area contributed by atoms with E-state index in [0.717, 1.165) is 16.9 Å². The van der Waals surface area contributed by atoms with Gasteiger partial charge >= 0.3 is 6.03 Å². The van der Waals surface area contributed by atoms with Gasteiger partial charge < -0.3 is 28.9 Å². The van der Waals surface area contributed by atoms with Crippen LogP contribution in [0.5, 0.6) is 0 Å². The summed E-state index contributed by atoms with van der Waals surface area (Å²) in [5.41, 5.74) is 2.97. The summed E-state index contributed by atoms with van der Waals surface area (Å²) in [4.78, 5) is 52.9. The van der Waals surface area contributed by atoms with Crippen LogP contribution in [0.25, 0.3) is 28.1 Å². The maximum absolute atomic E-state index is 13.7. The normalized spacial score (nSPS) is 16.2. The quantitative estimate of drug-likeness (QED) is 0.378. The largest absolute Gasteiger partial charge is 0.378 e. The first kappa shape index (κ1) is 26.0. The zero-order valence-corrected chi connectivity index (χ0v) is 23.4. The van der Waals surface area contributed by atoms with Crippen molar-refractivity contribution >= 4 is 40.0 Å². The second-order valence-electron chi connectivity index (χ2n) is 10.3. The van der Waals surface area contributed by atoms with Crippen molar-refractivity contribution in [3.05, 3.63) is 35.9 Å². The first-order valence-electron chi connectivity index (χ1n) is 13.7. The fourth-order valence-corrected chi connectivity index (χ4v) is 5.38. The molecule has 5 heterocycles. The van der Waals surface area contributed by atoms with E-state index in [1.807, 2.05) is 35.9 Å². The monoisotopic (exact) mass is 546 g/mol. The van der Waals surface area contributed by atoms with Gasteiger partial charge in [-0.2, -0.15) is 9.97 Å². The molecule has 13 heteroatoms. The second kappa shape index (κ2) is 10.4. The van der Waals surface area contributed by atoms with Crippen molar-refractivity contribution in [2.45, 2.75) is 13.3 Å². The molecule has 4 aromatic rings. The van der Waals surface area contributed by atoms with E-state index in [9.17, 15) is 9.59 Å². The van der Waals surface area contributed by atoms with Crippen LogP contribution in [0.2, 0.25) is 0 Å². The third kappa shape index (κ3) is 4.39. The van der Waals surface area contributed by atoms with Crippen molar-refractivity contribution in [2.24, 2.45) is 7.05 Å². The van der Waals surface area contributed by atoms with Gasteiger partial charge in [-0.15, -0.1) is 0 Å². The van der Waals surface area contributed by atoms with Crippen LogP contribution in [0.1, 0.15) is 23.4 Å². The molecular weight excluding hydrogens is 512 g/mol. The zero-order chi connectivity index (χ0) is 28.0. The molecule has 2 aliphatic heterocycles. The van der Waals surface area contributed by atoms with E-state index in [4.69, 9.17) is 24.7 Å². The molecule has 1 aromatic carbocycles. The summed E-state index contributed by atoms with van der Waals surface area (Å²) >= 11 is 0. The maximum Gasteiger partial charge on any atom is 0.319 e. The number of para-hydroxylation sites is 2. The third-order valence-electron chi connectivity index (χ3n) is 7.56. The number of amides is 3. The highest BCUT2D eigenvalue weighted by atomic mass is 16.5. The lowest BCUT2D eigenvalue weighted by atomic mass is 10.3. The molecule has 13 nitrogen and oxygen atoms in total. The van der Waals surface area contributed by atoms with Crippen molar-refractivity contribution in [1.82, 2.24) is 43.8 Å². The Morgan fingerprint density at radius 1 is 0.925 bits per heavy atom. The summed E-state index contributed by atoms with van der Waals surface area (Å²) in [6.45, 7) is 6.40. The van der Waals surface area contributed by atoms with Gasteiger partial charge in [0.05, 0.1) is 24.2 Å². The lowest BCUT2D eigenvalue weighted by molar-refractivity contribution is 0.0635. The molecule has 0 saturated carbocycles. The summed E-state index contributed by atoms with van der Waals surface area (Å²) in [5, 5.41) is 0. The number of fused-ring (bicyclic) bond motifs is 2. The minimum Gasteiger partial charge on any atom is -0.378 e. The topological polar surface area (TPSA) is 118 Å². The number of benzene rings is 1. The van der Waals surface area contributed by atoms with E-state index in [-0.39, 0.29) is 11.9 Å². The van der Waals surface area contributed by atoms with E-state index in [1.54, 1.807) is 33.4 Å². The number of urea groups is 1. The smallest absolute Gasteiger partial charge is 0.319 e. The number of rotatable bonds is 4. The predicted octanol–water partition coefficient (Wildman–Crippen LogP) is 1.54. The minimum atomic E-state index is -0.186. The molecule has 0 unspecified atom stereocenters. The number of anilines is 1. The molecular formula is C27H34N10O3. The highest BCUT2D eigenvalue weighted by Crippen LogP contribution is 2.29. The number of piperazine rings is 1. The summed E-state index contributed by atoms with van der Waals surface area (Å²) < 4.78 is 9.35. The predicted molar refractivity (Wildman–Crippen MR) is 150 cm³/mol. The summed E-state index contributed by atoms with van der Waals surface area (Å²) in [6.07, 6.45) is 0.709. The Bertz CT molecular complexity index is 1580. The molecule has 210 valence electrons. The van der Waals surface area contributed by atoms with Gasteiger partial charge in [0.15, 0.2) is 17.0 Å². The Labute approximate surface area is 232 Å². The van der Waals surface area contributed by atoms with Crippen molar-refractivity contribution in [3.63, 3.8) is 0 Å². The second-order valence-corrected chi connectivity index (χ2v) is 10.3. The number of aromatic nitrogens is 6. The van der Waals surface area contributed by atoms with Crippen LogP contribution in [0.3, 0.4) is 0 Å². The van der Waals surface area contributed by atoms with Crippen LogP contribution < -0.4 is 4.90 Å². The van der Waals surface area contributed by atoms with E-state index in [0.29, 0.717) is 87.7 Å². The maximum atomic E-state index is 13.7. The number of morpholine rings is 1. The van der Waals surface area contributed by atoms with Crippen LogP contribution in [0.15, 0.2) is 24.3 Å². The molecule has 0 aliphatic carbocycles. The van der Waals surface area contributed by atoms with E-state index < -0.39 is 0 Å². The molecule has 0 spiro atoms. The zero-order valence-electron chi connectivity index (χ0n) is 23.4. The number of imidazole rings is 2. The highest BCUT2D eigenvalue weighted by molar-refractivity contribution is 5.97. The first-order valence-corrected chi connectivity index (χ1v) is 13.7. The summed E-state index contributed by atoms with van der Waals surface area (Å²) in [5.74, 6) is 2.15. The van der Waals surface area contributed by atoms with E-state index in [2.05, 4.69) is 11.8 Å². The fourth-order valence-electron chi connectivity index (χ4n) is 5.38. The molecule has 0 radical (unpaired) electrons. The lowest BCUT2D eigenvalue weighted by Crippen LogP contribution is -2.53. The Kier molecular flexibility index (Phi) is 6.74. The molecule has 0 atom stereocenters. The van der Waals surface area contributed by atoms with Crippen LogP contribution in [-0.2, 0) is 18.2 Å². The van der Waals surface area contributed by atoms with Gasteiger partial charge in [0.1, 0.15) is 5.82 Å². The summed E-state index contributed by atoms with van der Waals surface area (Å²) in [7, 11) is 5.29. The van der Waals surface area contributed by atoms with Crippen molar-refractivity contribution in [2.75, 3.05) is 71.5 Å². The molecule has 3 aromatic heterocycles. The molecule has 40 heavy (non-hydrogen) atoms. The van der Waals surface area contributed by atoms with Gasteiger partial charge in [-0.05, 0) is 12.1 Å². The van der Waals surface area contributed by atoms with Gasteiger partial charge in [0, 0.05) is 66.8 Å². The van der Waals surface area contributed by atoms with E-state index >= 15 is 0 Å². The molecule has 0 bridgehead atoms. The van der Waals surface area contributed by atoms with Crippen LogP contribution in [0, 0.1) is 0 Å². The first-order chi connectivity index (χ1) is 19.4. The highest BCUT2D eigenvalue weighted by Gasteiger charge is 2.30. The number of aryl methyl sites for hydroxylation is 2. The van der Waals surface area contributed by atoms with Gasteiger partial charge in [-0.3, -0.25) is 9.36 Å². The van der Waals surface area contributed by atoms with Gasteiger partial charge in [0.25, 0.3) is 5.91 Å². The molecule has 2 fully saturated rings. The minimum absolute atomic E-state index is 0.0498. The molecule has 3 amide bonds. The van der Waals surface area contributed by atoms with Crippen molar-refractivity contribution in [1.29, 1.82) is 0 Å². The van der Waals surface area contributed by atoms with Gasteiger partial charge in [-0.25, -0.2) is 14.8 Å². The van der Waals surface area contributed by atoms with Gasteiger partial charge in [-0.1, -0.05) is 19.1 Å².